The fourth-order valence-corrected chi connectivity index (χ4v) is 8.07. The number of methoxy groups -OCH3 is 1. The van der Waals surface area contributed by atoms with Crippen LogP contribution in [-0.2, 0) is 6.42 Å². The maximum atomic E-state index is 9.35. The Morgan fingerprint density at radius 3 is 2.59 bits per heavy atom. The predicted molar refractivity (Wildman–Crippen MR) is 191 cm³/mol. The number of H-pyrrole nitrogens is 1. The van der Waals surface area contributed by atoms with Crippen molar-refractivity contribution < 1.29 is 4.74 Å². The number of rotatable bonds is 5. The molecule has 2 atom stereocenters. The summed E-state index contributed by atoms with van der Waals surface area (Å²) in [6, 6.07) is 18.9. The van der Waals surface area contributed by atoms with Crippen molar-refractivity contribution in [1.82, 2.24) is 4.98 Å². The Kier molecular flexibility index (Phi) is 10.1. The van der Waals surface area contributed by atoms with Crippen LogP contribution in [0.15, 0.2) is 82.0 Å². The highest BCUT2D eigenvalue weighted by molar-refractivity contribution is 5.73. The van der Waals surface area contributed by atoms with Gasteiger partial charge in [-0.15, -0.1) is 0 Å². The fraction of sp³-hybridized carbons (Fsp3) is 0.429. The lowest BCUT2D eigenvalue weighted by Crippen LogP contribution is -2.10. The monoisotopic (exact) mass is 611 g/mol. The molecular weight excluding hydrogens is 562 g/mol. The van der Waals surface area contributed by atoms with Gasteiger partial charge in [-0.05, 0) is 153 Å². The molecule has 2 aromatic carbocycles. The van der Waals surface area contributed by atoms with E-state index in [9.17, 15) is 5.26 Å². The predicted octanol–water partition coefficient (Wildman–Crippen LogP) is 11.2. The average Bonchev–Trinajstić information content (AvgIpc) is 3.24. The van der Waals surface area contributed by atoms with Crippen LogP contribution < -0.4 is 4.74 Å². The molecule has 3 aliphatic rings. The molecule has 0 amide bonds. The van der Waals surface area contributed by atoms with Crippen molar-refractivity contribution >= 4 is 11.8 Å². The first kappa shape index (κ1) is 31.9. The summed E-state index contributed by atoms with van der Waals surface area (Å²) in [5.41, 5.74) is 15.8. The van der Waals surface area contributed by atoms with Crippen LogP contribution in [0.3, 0.4) is 0 Å². The highest BCUT2D eigenvalue weighted by Gasteiger charge is 2.27. The molecule has 0 saturated heterocycles. The van der Waals surface area contributed by atoms with Gasteiger partial charge in [0.05, 0.1) is 24.4 Å². The Morgan fingerprint density at radius 2 is 1.80 bits per heavy atom. The lowest BCUT2D eigenvalue weighted by molar-refractivity contribution is 0.415. The van der Waals surface area contributed by atoms with Crippen molar-refractivity contribution in [2.24, 2.45) is 10.9 Å². The molecule has 1 aliphatic heterocycles. The summed E-state index contributed by atoms with van der Waals surface area (Å²) in [4.78, 5) is 9.24. The molecule has 238 valence electrons. The minimum Gasteiger partial charge on any atom is -0.497 e. The summed E-state index contributed by atoms with van der Waals surface area (Å²) in [7, 11) is 1.74. The van der Waals surface area contributed by atoms with E-state index < -0.39 is 0 Å². The van der Waals surface area contributed by atoms with Crippen LogP contribution in [0.5, 0.6) is 5.75 Å². The molecule has 4 nitrogen and oxygen atoms in total. The third kappa shape index (κ3) is 6.70. The van der Waals surface area contributed by atoms with E-state index in [0.29, 0.717) is 17.4 Å². The number of aliphatic imine (C=N–C) groups is 1. The molecule has 0 bridgehead atoms. The topological polar surface area (TPSA) is 61.2 Å². The number of benzene rings is 2. The van der Waals surface area contributed by atoms with E-state index in [4.69, 9.17) is 9.73 Å². The Bertz CT molecular complexity index is 1720. The minimum absolute atomic E-state index is 0.507. The van der Waals surface area contributed by atoms with E-state index in [0.717, 1.165) is 63.5 Å². The smallest absolute Gasteiger partial charge is 0.119 e. The van der Waals surface area contributed by atoms with Crippen LogP contribution >= 0.6 is 0 Å². The second-order valence-corrected chi connectivity index (χ2v) is 13.5. The molecule has 6 rings (SSSR count). The summed E-state index contributed by atoms with van der Waals surface area (Å²) >= 11 is 0. The van der Waals surface area contributed by atoms with Gasteiger partial charge in [0.2, 0.25) is 0 Å². The van der Waals surface area contributed by atoms with Gasteiger partial charge in [-0.1, -0.05) is 50.1 Å². The SMILES string of the molecule is CCc1c(C2CCCC/C(=C3/N=CCCC(C)C4=C3C=C(c3ccc(C#N)cc3)CCC4)CC2)[nH]c(-c2cccc(OC)c2)c1C. The number of nitrogens with one attached hydrogen (secondary N) is 1. The van der Waals surface area contributed by atoms with Gasteiger partial charge in [0.25, 0.3) is 0 Å². The Hall–Kier alpha value is -4.10. The van der Waals surface area contributed by atoms with Crippen molar-refractivity contribution in [2.45, 2.75) is 104 Å². The Labute approximate surface area is 276 Å². The van der Waals surface area contributed by atoms with E-state index in [1.54, 1.807) is 12.7 Å². The summed E-state index contributed by atoms with van der Waals surface area (Å²) in [6.45, 7) is 7.01. The normalized spacial score (nSPS) is 22.5. The van der Waals surface area contributed by atoms with Gasteiger partial charge in [-0.2, -0.15) is 5.26 Å². The molecule has 46 heavy (non-hydrogen) atoms. The average molecular weight is 612 g/mol. The zero-order chi connectivity index (χ0) is 32.0. The first-order valence-electron chi connectivity index (χ1n) is 17.6. The van der Waals surface area contributed by atoms with Gasteiger partial charge in [-0.3, -0.25) is 4.99 Å². The quantitative estimate of drug-likeness (QED) is 0.312. The highest BCUT2D eigenvalue weighted by Crippen LogP contribution is 2.43. The van der Waals surface area contributed by atoms with Gasteiger partial charge < -0.3 is 9.72 Å². The van der Waals surface area contributed by atoms with Crippen molar-refractivity contribution in [3.05, 3.63) is 105 Å². The third-order valence-electron chi connectivity index (χ3n) is 10.7. The van der Waals surface area contributed by atoms with E-state index in [1.807, 2.05) is 18.2 Å². The van der Waals surface area contributed by atoms with Gasteiger partial charge >= 0.3 is 0 Å². The number of hydrogen-bond acceptors (Lipinski definition) is 3. The molecule has 4 heteroatoms. The zero-order valence-electron chi connectivity index (χ0n) is 28.2. The summed E-state index contributed by atoms with van der Waals surface area (Å²) < 4.78 is 5.56. The molecule has 0 spiro atoms. The molecule has 0 radical (unpaired) electrons. The zero-order valence-corrected chi connectivity index (χ0v) is 28.2. The van der Waals surface area contributed by atoms with E-state index in [1.165, 1.54) is 75.3 Å². The maximum absolute atomic E-state index is 9.35. The standard InChI is InChI=1S/C42H49N3O/c1-5-37-29(3)40(35-15-8-16-36(25-35)46-4)45-42(37)33-13-7-6-12-32(22-23-33)41-39-26-34(31-20-18-30(27-43)19-21-31)14-9-17-38(39)28(2)11-10-24-44-41/h8,15-16,18-21,24-26,28,33,45H,5-7,9-14,17,22-23H2,1-4H3/b41-32-,44-24?. The molecule has 3 aromatic rings. The fourth-order valence-electron chi connectivity index (χ4n) is 8.07. The van der Waals surface area contributed by atoms with Crippen LogP contribution in [0, 0.1) is 24.2 Å². The van der Waals surface area contributed by atoms with E-state index in [-0.39, 0.29) is 0 Å². The van der Waals surface area contributed by atoms with Gasteiger partial charge in [0, 0.05) is 23.2 Å². The van der Waals surface area contributed by atoms with Crippen molar-refractivity contribution in [3.63, 3.8) is 0 Å². The number of allylic oxidation sites excluding steroid dienone is 4. The third-order valence-corrected chi connectivity index (χ3v) is 10.7. The van der Waals surface area contributed by atoms with Crippen molar-refractivity contribution in [3.8, 4) is 23.1 Å². The second kappa shape index (κ2) is 14.5. The van der Waals surface area contributed by atoms with E-state index >= 15 is 0 Å². The number of hydrogen-bond donors (Lipinski definition) is 1. The molecule has 1 fully saturated rings. The number of nitrogens with zero attached hydrogens (tertiary/aromatic N) is 2. The van der Waals surface area contributed by atoms with Gasteiger partial charge in [0.1, 0.15) is 5.75 Å². The lowest BCUT2D eigenvalue weighted by Gasteiger charge is -2.26. The van der Waals surface area contributed by atoms with Crippen molar-refractivity contribution in [1.29, 1.82) is 5.26 Å². The first-order valence-corrected chi connectivity index (χ1v) is 17.6. The Morgan fingerprint density at radius 1 is 0.957 bits per heavy atom. The highest BCUT2D eigenvalue weighted by atomic mass is 16.5. The van der Waals surface area contributed by atoms with Crippen LogP contribution in [0.1, 0.15) is 118 Å². The van der Waals surface area contributed by atoms with Crippen LogP contribution in [-0.4, -0.2) is 18.3 Å². The van der Waals surface area contributed by atoms with E-state index in [2.05, 4.69) is 74.4 Å². The number of aromatic amines is 1. The maximum Gasteiger partial charge on any atom is 0.119 e. The summed E-state index contributed by atoms with van der Waals surface area (Å²) in [5.74, 6) is 1.96. The molecule has 1 saturated carbocycles. The van der Waals surface area contributed by atoms with Gasteiger partial charge in [0.15, 0.2) is 0 Å². The molecule has 2 unspecified atom stereocenters. The van der Waals surface area contributed by atoms with Crippen LogP contribution in [0.2, 0.25) is 0 Å². The van der Waals surface area contributed by atoms with Crippen LogP contribution in [0.25, 0.3) is 16.8 Å². The lowest BCUT2D eigenvalue weighted by atomic mass is 9.82. The molecule has 1 aromatic heterocycles. The van der Waals surface area contributed by atoms with Crippen LogP contribution in [0.4, 0.5) is 0 Å². The van der Waals surface area contributed by atoms with Crippen molar-refractivity contribution in [2.75, 3.05) is 7.11 Å². The first-order chi connectivity index (χ1) is 22.5. The summed E-state index contributed by atoms with van der Waals surface area (Å²) in [5, 5.41) is 9.35. The second-order valence-electron chi connectivity index (χ2n) is 13.5. The summed E-state index contributed by atoms with van der Waals surface area (Å²) in [6.07, 6.45) is 18.3. The largest absolute Gasteiger partial charge is 0.497 e. The Balaban J connectivity index is 1.37. The number of ether oxygens (including phenoxy) is 1. The number of aromatic nitrogens is 1. The molecule has 2 aliphatic carbocycles. The van der Waals surface area contributed by atoms with Gasteiger partial charge in [-0.25, -0.2) is 0 Å². The molecule has 2 heterocycles. The number of nitriles is 1. The minimum atomic E-state index is 0.507. The molecule has 1 N–H and O–H groups in total. The molecular formula is C42H49N3O.